The molecule has 0 N–H and O–H groups in total. The van der Waals surface area contributed by atoms with Gasteiger partial charge in [0.05, 0.1) is 5.56 Å². The summed E-state index contributed by atoms with van der Waals surface area (Å²) in [6.07, 6.45) is 0. The molecule has 19 heavy (non-hydrogen) atoms. The van der Waals surface area contributed by atoms with Crippen molar-refractivity contribution in [3.63, 3.8) is 0 Å². The largest absolute Gasteiger partial charge is 0.463 e. The number of ether oxygens (including phenoxy) is 2. The smallest absolute Gasteiger partial charge is 0.343 e. The molecule has 0 unspecified atom stereocenters. The molecule has 0 aliphatic rings. The van der Waals surface area contributed by atoms with Crippen LogP contribution in [0.1, 0.15) is 15.9 Å². The summed E-state index contributed by atoms with van der Waals surface area (Å²) in [4.78, 5) is 21.9. The zero-order chi connectivity index (χ0) is 13.5. The van der Waals surface area contributed by atoms with Crippen LogP contribution in [-0.2, 0) is 16.1 Å². The van der Waals surface area contributed by atoms with Crippen LogP contribution in [-0.4, -0.2) is 12.4 Å². The van der Waals surface area contributed by atoms with Gasteiger partial charge in [-0.05, 0) is 29.8 Å². The molecule has 4 nitrogen and oxygen atoms in total. The van der Waals surface area contributed by atoms with Gasteiger partial charge in [0, 0.05) is 0 Å². The lowest BCUT2D eigenvalue weighted by molar-refractivity contribution is -0.129. The van der Waals surface area contributed by atoms with Crippen LogP contribution in [0.15, 0.2) is 54.6 Å². The van der Waals surface area contributed by atoms with Crippen molar-refractivity contribution in [3.05, 3.63) is 65.7 Å². The molecule has 0 bridgehead atoms. The van der Waals surface area contributed by atoms with Crippen LogP contribution in [0.2, 0.25) is 0 Å². The van der Waals surface area contributed by atoms with Gasteiger partial charge in [-0.2, -0.15) is 0 Å². The molecule has 0 heterocycles. The molecule has 0 fully saturated rings. The third-order valence-electron chi connectivity index (χ3n) is 2.46. The fourth-order valence-electron chi connectivity index (χ4n) is 1.52. The molecule has 0 spiro atoms. The maximum atomic E-state index is 11.8. The molecule has 2 aromatic carbocycles. The topological polar surface area (TPSA) is 52.6 Å². The fraction of sp³-hybridized carbons (Fsp3) is 0.0667. The van der Waals surface area contributed by atoms with Gasteiger partial charge in [0.1, 0.15) is 12.4 Å². The molecule has 96 valence electrons. The Morgan fingerprint density at radius 3 is 2.32 bits per heavy atom. The average molecular weight is 256 g/mol. The van der Waals surface area contributed by atoms with Crippen molar-refractivity contribution in [2.75, 3.05) is 0 Å². The van der Waals surface area contributed by atoms with E-state index in [0.717, 1.165) is 5.56 Å². The predicted molar refractivity (Wildman–Crippen MR) is 68.7 cm³/mol. The van der Waals surface area contributed by atoms with Gasteiger partial charge >= 0.3 is 5.97 Å². The minimum absolute atomic E-state index is 0.192. The third kappa shape index (κ3) is 3.67. The summed E-state index contributed by atoms with van der Waals surface area (Å²) in [5, 5.41) is 0. The van der Waals surface area contributed by atoms with E-state index in [1.165, 1.54) is 0 Å². The third-order valence-corrected chi connectivity index (χ3v) is 2.46. The van der Waals surface area contributed by atoms with Crippen molar-refractivity contribution in [1.82, 2.24) is 0 Å². The van der Waals surface area contributed by atoms with E-state index in [4.69, 9.17) is 4.74 Å². The summed E-state index contributed by atoms with van der Waals surface area (Å²) in [6, 6.07) is 15.6. The monoisotopic (exact) mass is 256 g/mol. The molecule has 2 aromatic rings. The minimum Gasteiger partial charge on any atom is -0.463 e. The van der Waals surface area contributed by atoms with Crippen LogP contribution in [0.4, 0.5) is 0 Å². The Kier molecular flexibility index (Phi) is 4.29. The number of esters is 1. The highest BCUT2D eigenvalue weighted by molar-refractivity contribution is 5.91. The van der Waals surface area contributed by atoms with Crippen molar-refractivity contribution in [2.24, 2.45) is 0 Å². The first-order valence-electron chi connectivity index (χ1n) is 5.71. The lowest BCUT2D eigenvalue weighted by Crippen LogP contribution is -2.08. The lowest BCUT2D eigenvalue weighted by Gasteiger charge is -2.05. The van der Waals surface area contributed by atoms with Gasteiger partial charge in [-0.15, -0.1) is 0 Å². The first-order chi connectivity index (χ1) is 9.29. The van der Waals surface area contributed by atoms with E-state index >= 15 is 0 Å². The summed E-state index contributed by atoms with van der Waals surface area (Å²) in [5.41, 5.74) is 1.25. The number of hydrogen-bond acceptors (Lipinski definition) is 4. The van der Waals surface area contributed by atoms with E-state index in [9.17, 15) is 9.59 Å². The van der Waals surface area contributed by atoms with E-state index in [1.54, 1.807) is 48.5 Å². The molecule has 4 heteroatoms. The van der Waals surface area contributed by atoms with E-state index in [2.05, 4.69) is 4.74 Å². The van der Waals surface area contributed by atoms with Crippen LogP contribution in [0.3, 0.4) is 0 Å². The first kappa shape index (κ1) is 12.8. The predicted octanol–water partition coefficient (Wildman–Crippen LogP) is 2.58. The zero-order valence-corrected chi connectivity index (χ0v) is 10.1. The maximum Gasteiger partial charge on any atom is 0.343 e. The Hall–Kier alpha value is -2.62. The Morgan fingerprint density at radius 1 is 1.00 bits per heavy atom. The van der Waals surface area contributed by atoms with E-state index in [0.29, 0.717) is 17.8 Å². The summed E-state index contributed by atoms with van der Waals surface area (Å²) in [5.74, 6) is 0.0786. The zero-order valence-electron chi connectivity index (χ0n) is 10.1. The van der Waals surface area contributed by atoms with Gasteiger partial charge in [0.25, 0.3) is 6.47 Å². The Bertz CT molecular complexity index is 546. The molecule has 0 atom stereocenters. The second-order valence-corrected chi connectivity index (χ2v) is 3.81. The SMILES string of the molecule is O=COCc1ccc(C(=O)Oc2ccccc2)cc1. The van der Waals surface area contributed by atoms with Gasteiger partial charge in [-0.3, -0.25) is 4.79 Å². The van der Waals surface area contributed by atoms with Gasteiger partial charge in [-0.1, -0.05) is 30.3 Å². The number of para-hydroxylation sites is 1. The van der Waals surface area contributed by atoms with Gasteiger partial charge in [-0.25, -0.2) is 4.79 Å². The number of rotatable bonds is 5. The van der Waals surface area contributed by atoms with Crippen molar-refractivity contribution < 1.29 is 19.1 Å². The summed E-state index contributed by atoms with van der Waals surface area (Å²) in [7, 11) is 0. The first-order valence-corrected chi connectivity index (χ1v) is 5.71. The quantitative estimate of drug-likeness (QED) is 0.468. The van der Waals surface area contributed by atoms with Crippen LogP contribution < -0.4 is 4.74 Å². The van der Waals surface area contributed by atoms with Gasteiger partial charge < -0.3 is 9.47 Å². The molecule has 2 rings (SSSR count). The average Bonchev–Trinajstić information content (AvgIpc) is 2.46. The van der Waals surface area contributed by atoms with Gasteiger partial charge in [0.2, 0.25) is 0 Å². The highest BCUT2D eigenvalue weighted by Crippen LogP contribution is 2.12. The summed E-state index contributed by atoms with van der Waals surface area (Å²) in [6.45, 7) is 0.578. The van der Waals surface area contributed by atoms with Crippen molar-refractivity contribution in [3.8, 4) is 5.75 Å². The normalized spacial score (nSPS) is 9.68. The lowest BCUT2D eigenvalue weighted by atomic mass is 10.1. The molecule has 0 amide bonds. The molecule has 0 aliphatic heterocycles. The molecular formula is C15H12O4. The maximum absolute atomic E-state index is 11.8. The molecule has 0 saturated carbocycles. The number of carbonyl (C=O) groups excluding carboxylic acids is 2. The molecule has 0 aromatic heterocycles. The molecule has 0 saturated heterocycles. The second kappa shape index (κ2) is 6.35. The Balaban J connectivity index is 2.01. The van der Waals surface area contributed by atoms with Crippen molar-refractivity contribution >= 4 is 12.4 Å². The van der Waals surface area contributed by atoms with Crippen LogP contribution in [0.5, 0.6) is 5.75 Å². The minimum atomic E-state index is -0.422. The van der Waals surface area contributed by atoms with Crippen LogP contribution in [0, 0.1) is 0 Å². The second-order valence-electron chi connectivity index (χ2n) is 3.81. The van der Waals surface area contributed by atoms with Crippen molar-refractivity contribution in [1.29, 1.82) is 0 Å². The van der Waals surface area contributed by atoms with Gasteiger partial charge in [0.15, 0.2) is 0 Å². The Labute approximate surface area is 110 Å². The molecule has 0 aliphatic carbocycles. The molecular weight excluding hydrogens is 244 g/mol. The van der Waals surface area contributed by atoms with E-state index in [-0.39, 0.29) is 6.61 Å². The number of hydrogen-bond donors (Lipinski definition) is 0. The van der Waals surface area contributed by atoms with Crippen LogP contribution >= 0.6 is 0 Å². The van der Waals surface area contributed by atoms with E-state index in [1.807, 2.05) is 6.07 Å². The highest BCUT2D eigenvalue weighted by Gasteiger charge is 2.08. The molecule has 0 radical (unpaired) electrons. The van der Waals surface area contributed by atoms with E-state index < -0.39 is 5.97 Å². The van der Waals surface area contributed by atoms with Crippen molar-refractivity contribution in [2.45, 2.75) is 6.61 Å². The fourth-order valence-corrected chi connectivity index (χ4v) is 1.52. The Morgan fingerprint density at radius 2 is 1.68 bits per heavy atom. The summed E-state index contributed by atoms with van der Waals surface area (Å²) >= 11 is 0. The summed E-state index contributed by atoms with van der Waals surface area (Å²) < 4.78 is 9.81. The standard InChI is InChI=1S/C15H12O4/c16-11-18-10-12-6-8-13(9-7-12)15(17)19-14-4-2-1-3-5-14/h1-9,11H,10H2. The number of carbonyl (C=O) groups is 2. The highest BCUT2D eigenvalue weighted by atomic mass is 16.5. The number of benzene rings is 2. The van der Waals surface area contributed by atoms with Crippen LogP contribution in [0.25, 0.3) is 0 Å².